The maximum absolute atomic E-state index is 12.8. The number of carbonyl (C=O) groups excluding carboxylic acids is 1. The van der Waals surface area contributed by atoms with Crippen LogP contribution in [-0.4, -0.2) is 18.6 Å². The van der Waals surface area contributed by atoms with Crippen LogP contribution in [0, 0.1) is 12.7 Å². The minimum Gasteiger partial charge on any atom is -0.493 e. The molecule has 1 amide bonds. The van der Waals surface area contributed by atoms with Gasteiger partial charge in [0.25, 0.3) is 0 Å². The number of hydrogen-bond donors (Lipinski definition) is 1. The Kier molecular flexibility index (Phi) is 4.94. The fourth-order valence-corrected chi connectivity index (χ4v) is 1.42. The Bertz CT molecular complexity index is 391. The predicted molar refractivity (Wildman–Crippen MR) is 64.5 cm³/mol. The molecule has 1 N–H and O–H groups in total. The van der Waals surface area contributed by atoms with E-state index in [2.05, 4.69) is 5.32 Å². The molecule has 0 saturated carbocycles. The van der Waals surface area contributed by atoms with Crippen molar-refractivity contribution in [3.63, 3.8) is 0 Å². The van der Waals surface area contributed by atoms with E-state index in [-0.39, 0.29) is 17.8 Å². The van der Waals surface area contributed by atoms with Gasteiger partial charge in [-0.3, -0.25) is 4.79 Å². The third-order valence-electron chi connectivity index (χ3n) is 2.17. The van der Waals surface area contributed by atoms with E-state index in [0.717, 1.165) is 5.56 Å². The molecular formula is C13H18FNO2. The highest BCUT2D eigenvalue weighted by molar-refractivity contribution is 5.76. The standard InChI is InChI=1S/C13H18FNO2/c1-9(2)15-13(16)6-7-17-12-5-4-11(14)8-10(12)3/h4-5,8-9H,6-7H2,1-3H3,(H,15,16). The van der Waals surface area contributed by atoms with E-state index in [4.69, 9.17) is 4.74 Å². The number of aryl methyl sites for hydroxylation is 1. The van der Waals surface area contributed by atoms with Crippen LogP contribution in [-0.2, 0) is 4.79 Å². The number of hydrogen-bond acceptors (Lipinski definition) is 2. The molecule has 94 valence electrons. The largest absolute Gasteiger partial charge is 0.493 e. The highest BCUT2D eigenvalue weighted by Crippen LogP contribution is 2.18. The van der Waals surface area contributed by atoms with Crippen molar-refractivity contribution in [2.24, 2.45) is 0 Å². The predicted octanol–water partition coefficient (Wildman–Crippen LogP) is 2.43. The number of benzene rings is 1. The van der Waals surface area contributed by atoms with Crippen molar-refractivity contribution in [1.29, 1.82) is 0 Å². The molecule has 0 aromatic heterocycles. The topological polar surface area (TPSA) is 38.3 Å². The van der Waals surface area contributed by atoms with Gasteiger partial charge < -0.3 is 10.1 Å². The zero-order chi connectivity index (χ0) is 12.8. The van der Waals surface area contributed by atoms with Crippen LogP contribution in [0.5, 0.6) is 5.75 Å². The van der Waals surface area contributed by atoms with Gasteiger partial charge >= 0.3 is 0 Å². The van der Waals surface area contributed by atoms with E-state index in [1.807, 2.05) is 13.8 Å². The molecule has 4 heteroatoms. The first-order chi connectivity index (χ1) is 7.99. The van der Waals surface area contributed by atoms with Crippen molar-refractivity contribution in [3.8, 4) is 5.75 Å². The first-order valence-corrected chi connectivity index (χ1v) is 5.67. The lowest BCUT2D eigenvalue weighted by Crippen LogP contribution is -2.31. The van der Waals surface area contributed by atoms with E-state index < -0.39 is 0 Å². The Morgan fingerprint density at radius 3 is 2.76 bits per heavy atom. The van der Waals surface area contributed by atoms with Crippen LogP contribution < -0.4 is 10.1 Å². The first-order valence-electron chi connectivity index (χ1n) is 5.67. The van der Waals surface area contributed by atoms with Crippen LogP contribution in [0.3, 0.4) is 0 Å². The molecule has 1 aromatic carbocycles. The second-order valence-corrected chi connectivity index (χ2v) is 4.23. The van der Waals surface area contributed by atoms with Gasteiger partial charge in [0.15, 0.2) is 0 Å². The summed E-state index contributed by atoms with van der Waals surface area (Å²) >= 11 is 0. The summed E-state index contributed by atoms with van der Waals surface area (Å²) in [6.45, 7) is 5.88. The molecular weight excluding hydrogens is 221 g/mol. The van der Waals surface area contributed by atoms with Crippen molar-refractivity contribution < 1.29 is 13.9 Å². The molecule has 0 radical (unpaired) electrons. The number of nitrogens with one attached hydrogen (secondary N) is 1. The quantitative estimate of drug-likeness (QED) is 0.857. The average Bonchev–Trinajstić information content (AvgIpc) is 2.20. The summed E-state index contributed by atoms with van der Waals surface area (Å²) in [6, 6.07) is 4.46. The molecule has 1 rings (SSSR count). The van der Waals surface area contributed by atoms with Crippen LogP contribution in [0.25, 0.3) is 0 Å². The molecule has 0 atom stereocenters. The van der Waals surface area contributed by atoms with Crippen molar-refractivity contribution in [3.05, 3.63) is 29.6 Å². The van der Waals surface area contributed by atoms with E-state index in [1.54, 1.807) is 13.0 Å². The highest BCUT2D eigenvalue weighted by atomic mass is 19.1. The molecule has 0 spiro atoms. The Morgan fingerprint density at radius 1 is 1.47 bits per heavy atom. The van der Waals surface area contributed by atoms with E-state index in [9.17, 15) is 9.18 Å². The summed E-state index contributed by atoms with van der Waals surface area (Å²) in [6.07, 6.45) is 0.301. The molecule has 3 nitrogen and oxygen atoms in total. The number of carbonyl (C=O) groups is 1. The van der Waals surface area contributed by atoms with Crippen LogP contribution in [0.4, 0.5) is 4.39 Å². The van der Waals surface area contributed by atoms with Gasteiger partial charge in [-0.2, -0.15) is 0 Å². The van der Waals surface area contributed by atoms with E-state index in [1.165, 1.54) is 12.1 Å². The third kappa shape index (κ3) is 4.85. The molecule has 0 aliphatic rings. The SMILES string of the molecule is Cc1cc(F)ccc1OCCC(=O)NC(C)C. The minimum atomic E-state index is -0.285. The number of rotatable bonds is 5. The molecule has 0 heterocycles. The van der Waals surface area contributed by atoms with Gasteiger partial charge in [0.1, 0.15) is 11.6 Å². The lowest BCUT2D eigenvalue weighted by atomic mass is 10.2. The van der Waals surface area contributed by atoms with Crippen LogP contribution in [0.15, 0.2) is 18.2 Å². The van der Waals surface area contributed by atoms with Gasteiger partial charge in [0.2, 0.25) is 5.91 Å². The van der Waals surface area contributed by atoms with Crippen molar-refractivity contribution >= 4 is 5.91 Å². The number of halogens is 1. The third-order valence-corrected chi connectivity index (χ3v) is 2.17. The summed E-state index contributed by atoms with van der Waals surface area (Å²) in [5, 5.41) is 2.77. The molecule has 0 unspecified atom stereocenters. The van der Waals surface area contributed by atoms with E-state index in [0.29, 0.717) is 18.8 Å². The minimum absolute atomic E-state index is 0.0419. The molecule has 0 aliphatic carbocycles. The normalized spacial score (nSPS) is 10.4. The number of ether oxygens (including phenoxy) is 1. The monoisotopic (exact) mass is 239 g/mol. The fraction of sp³-hybridized carbons (Fsp3) is 0.462. The molecule has 17 heavy (non-hydrogen) atoms. The molecule has 0 fully saturated rings. The Balaban J connectivity index is 2.38. The summed E-state index contributed by atoms with van der Waals surface area (Å²) < 4.78 is 18.2. The van der Waals surface area contributed by atoms with Gasteiger partial charge in [-0.25, -0.2) is 4.39 Å². The van der Waals surface area contributed by atoms with E-state index >= 15 is 0 Å². The van der Waals surface area contributed by atoms with Gasteiger partial charge in [-0.1, -0.05) is 0 Å². The Labute approximate surface area is 101 Å². The molecule has 0 bridgehead atoms. The lowest BCUT2D eigenvalue weighted by molar-refractivity contribution is -0.122. The summed E-state index contributed by atoms with van der Waals surface area (Å²) in [5.74, 6) is 0.288. The van der Waals surface area contributed by atoms with Gasteiger partial charge in [-0.05, 0) is 44.5 Å². The molecule has 0 saturated heterocycles. The Hall–Kier alpha value is -1.58. The second kappa shape index (κ2) is 6.23. The van der Waals surface area contributed by atoms with Gasteiger partial charge in [0.05, 0.1) is 13.0 Å². The zero-order valence-electron chi connectivity index (χ0n) is 10.4. The van der Waals surface area contributed by atoms with Crippen LogP contribution >= 0.6 is 0 Å². The Morgan fingerprint density at radius 2 is 2.18 bits per heavy atom. The van der Waals surface area contributed by atoms with Crippen LogP contribution in [0.1, 0.15) is 25.8 Å². The van der Waals surface area contributed by atoms with Crippen molar-refractivity contribution in [1.82, 2.24) is 5.32 Å². The summed E-state index contributed by atoms with van der Waals surface area (Å²) in [7, 11) is 0. The maximum atomic E-state index is 12.8. The van der Waals surface area contributed by atoms with Crippen LogP contribution in [0.2, 0.25) is 0 Å². The summed E-state index contributed by atoms with van der Waals surface area (Å²) in [4.78, 5) is 11.3. The second-order valence-electron chi connectivity index (χ2n) is 4.23. The lowest BCUT2D eigenvalue weighted by Gasteiger charge is -2.10. The van der Waals surface area contributed by atoms with Gasteiger partial charge in [-0.15, -0.1) is 0 Å². The smallest absolute Gasteiger partial charge is 0.223 e. The molecule has 0 aliphatic heterocycles. The van der Waals surface area contributed by atoms with Gasteiger partial charge in [0, 0.05) is 6.04 Å². The highest BCUT2D eigenvalue weighted by Gasteiger charge is 2.05. The first kappa shape index (κ1) is 13.5. The number of amides is 1. The maximum Gasteiger partial charge on any atom is 0.223 e. The average molecular weight is 239 g/mol. The summed E-state index contributed by atoms with van der Waals surface area (Å²) in [5.41, 5.74) is 0.731. The van der Waals surface area contributed by atoms with Crippen molar-refractivity contribution in [2.75, 3.05) is 6.61 Å². The van der Waals surface area contributed by atoms with Crippen molar-refractivity contribution in [2.45, 2.75) is 33.2 Å². The fourth-order valence-electron chi connectivity index (χ4n) is 1.42. The zero-order valence-corrected chi connectivity index (χ0v) is 10.4. The molecule has 1 aromatic rings.